The molecule has 1 saturated heterocycles. The number of carboxylic acids is 1. The predicted molar refractivity (Wildman–Crippen MR) is 76.5 cm³/mol. The summed E-state index contributed by atoms with van der Waals surface area (Å²) in [4.78, 5) is 36.2. The minimum atomic E-state index is -0.848. The molecule has 1 aliphatic heterocycles. The summed E-state index contributed by atoms with van der Waals surface area (Å²) >= 11 is 0. The summed E-state index contributed by atoms with van der Waals surface area (Å²) in [6, 6.07) is 0. The van der Waals surface area contributed by atoms with Crippen LogP contribution in [0.1, 0.15) is 45.4 Å². The number of amides is 2. The van der Waals surface area contributed by atoms with Crippen LogP contribution in [0.3, 0.4) is 0 Å². The van der Waals surface area contributed by atoms with Gasteiger partial charge in [0.25, 0.3) is 0 Å². The molecule has 0 aromatic carbocycles. The zero-order valence-electron chi connectivity index (χ0n) is 12.6. The van der Waals surface area contributed by atoms with Gasteiger partial charge in [-0.05, 0) is 31.6 Å². The van der Waals surface area contributed by atoms with Crippen molar-refractivity contribution >= 4 is 17.8 Å². The van der Waals surface area contributed by atoms with E-state index in [0.29, 0.717) is 25.3 Å². The van der Waals surface area contributed by atoms with Gasteiger partial charge in [0.05, 0.1) is 5.41 Å². The summed E-state index contributed by atoms with van der Waals surface area (Å²) in [6.45, 7) is 3.65. The second kappa shape index (κ2) is 6.45. The maximum absolute atomic E-state index is 11.9. The van der Waals surface area contributed by atoms with Gasteiger partial charge >= 0.3 is 5.97 Å². The highest BCUT2D eigenvalue weighted by molar-refractivity contribution is 5.85. The first-order valence-corrected chi connectivity index (χ1v) is 7.68. The van der Waals surface area contributed by atoms with E-state index in [-0.39, 0.29) is 18.2 Å². The van der Waals surface area contributed by atoms with Crippen LogP contribution in [0.15, 0.2) is 0 Å². The van der Waals surface area contributed by atoms with Gasteiger partial charge in [-0.25, -0.2) is 0 Å². The fraction of sp³-hybridized carbons (Fsp3) is 0.800. The smallest absolute Gasteiger partial charge is 0.310 e. The van der Waals surface area contributed by atoms with E-state index >= 15 is 0 Å². The zero-order valence-corrected chi connectivity index (χ0v) is 12.6. The molecule has 0 atom stereocenters. The first kappa shape index (κ1) is 15.8. The standard InChI is InChI=1S/C15H24N2O4/c1-11(18)17-7-3-12(4-8-17)10-16-13(19)9-15(14(20)21)5-2-6-15/h12H,2-10H2,1H3,(H,16,19)(H,20,21). The molecule has 21 heavy (non-hydrogen) atoms. The molecule has 6 heteroatoms. The topological polar surface area (TPSA) is 86.7 Å². The molecule has 1 heterocycles. The number of nitrogens with zero attached hydrogens (tertiary/aromatic N) is 1. The lowest BCUT2D eigenvalue weighted by Crippen LogP contribution is -2.44. The van der Waals surface area contributed by atoms with Crippen LogP contribution in [0.2, 0.25) is 0 Å². The third-order valence-corrected chi connectivity index (χ3v) is 4.91. The number of carbonyl (C=O) groups is 3. The number of likely N-dealkylation sites (tertiary alicyclic amines) is 1. The van der Waals surface area contributed by atoms with Crippen LogP contribution in [0.4, 0.5) is 0 Å². The number of carboxylic acid groups (broad SMARTS) is 1. The molecule has 2 aliphatic rings. The van der Waals surface area contributed by atoms with Crippen molar-refractivity contribution in [1.29, 1.82) is 0 Å². The van der Waals surface area contributed by atoms with Gasteiger partial charge in [0.2, 0.25) is 11.8 Å². The van der Waals surface area contributed by atoms with Crippen molar-refractivity contribution in [3.8, 4) is 0 Å². The van der Waals surface area contributed by atoms with Crippen molar-refractivity contribution in [3.63, 3.8) is 0 Å². The first-order chi connectivity index (χ1) is 9.93. The van der Waals surface area contributed by atoms with Gasteiger partial charge in [-0.3, -0.25) is 14.4 Å². The van der Waals surface area contributed by atoms with Crippen molar-refractivity contribution in [2.45, 2.75) is 45.4 Å². The van der Waals surface area contributed by atoms with Crippen LogP contribution in [-0.4, -0.2) is 47.4 Å². The molecule has 0 unspecified atom stereocenters. The third-order valence-electron chi connectivity index (χ3n) is 4.91. The minimum absolute atomic E-state index is 0.0919. The number of rotatable bonds is 5. The van der Waals surface area contributed by atoms with Crippen LogP contribution >= 0.6 is 0 Å². The molecule has 0 bridgehead atoms. The number of carbonyl (C=O) groups excluding carboxylic acids is 2. The number of aliphatic carboxylic acids is 1. The maximum Gasteiger partial charge on any atom is 0.310 e. The normalized spacial score (nSPS) is 21.5. The summed E-state index contributed by atoms with van der Waals surface area (Å²) in [7, 11) is 0. The fourth-order valence-corrected chi connectivity index (χ4v) is 3.15. The van der Waals surface area contributed by atoms with Crippen LogP contribution in [0.25, 0.3) is 0 Å². The fourth-order valence-electron chi connectivity index (χ4n) is 3.15. The van der Waals surface area contributed by atoms with Crippen LogP contribution in [-0.2, 0) is 14.4 Å². The minimum Gasteiger partial charge on any atom is -0.481 e. The molecule has 1 saturated carbocycles. The Balaban J connectivity index is 1.70. The highest BCUT2D eigenvalue weighted by Crippen LogP contribution is 2.44. The summed E-state index contributed by atoms with van der Waals surface area (Å²) in [5.41, 5.74) is -0.817. The van der Waals surface area contributed by atoms with Gasteiger partial charge in [-0.1, -0.05) is 6.42 Å². The van der Waals surface area contributed by atoms with Gasteiger partial charge in [0.1, 0.15) is 0 Å². The summed E-state index contributed by atoms with van der Waals surface area (Å²) < 4.78 is 0. The number of hydrogen-bond acceptors (Lipinski definition) is 3. The number of hydrogen-bond donors (Lipinski definition) is 2. The molecule has 0 spiro atoms. The van der Waals surface area contributed by atoms with E-state index in [0.717, 1.165) is 32.4 Å². The summed E-state index contributed by atoms with van der Waals surface area (Å²) in [5, 5.41) is 12.1. The Hall–Kier alpha value is -1.59. The van der Waals surface area contributed by atoms with Gasteiger partial charge in [0.15, 0.2) is 0 Å². The Bertz CT molecular complexity index is 423. The summed E-state index contributed by atoms with van der Waals surface area (Å²) in [6.07, 6.45) is 3.98. The van der Waals surface area contributed by atoms with Crippen molar-refractivity contribution in [3.05, 3.63) is 0 Å². The van der Waals surface area contributed by atoms with Crippen LogP contribution in [0, 0.1) is 11.3 Å². The molecule has 2 rings (SSSR count). The Kier molecular flexibility index (Phi) is 4.85. The highest BCUT2D eigenvalue weighted by atomic mass is 16.4. The van der Waals surface area contributed by atoms with Gasteiger partial charge in [-0.2, -0.15) is 0 Å². The average molecular weight is 296 g/mol. The Morgan fingerprint density at radius 2 is 1.86 bits per heavy atom. The number of nitrogens with one attached hydrogen (secondary N) is 1. The van der Waals surface area contributed by atoms with Crippen LogP contribution in [0.5, 0.6) is 0 Å². The zero-order chi connectivity index (χ0) is 15.5. The lowest BCUT2D eigenvalue weighted by atomic mass is 9.66. The van der Waals surface area contributed by atoms with E-state index in [9.17, 15) is 19.5 Å². The van der Waals surface area contributed by atoms with E-state index in [1.165, 1.54) is 0 Å². The molecule has 0 aromatic heterocycles. The Morgan fingerprint density at radius 1 is 1.24 bits per heavy atom. The van der Waals surface area contributed by atoms with Crippen molar-refractivity contribution in [1.82, 2.24) is 10.2 Å². The molecular formula is C15H24N2O4. The SMILES string of the molecule is CC(=O)N1CCC(CNC(=O)CC2(C(=O)O)CCC2)CC1. The average Bonchev–Trinajstić information content (AvgIpc) is 2.40. The van der Waals surface area contributed by atoms with E-state index in [1.807, 2.05) is 4.90 Å². The molecule has 118 valence electrons. The van der Waals surface area contributed by atoms with E-state index in [1.54, 1.807) is 6.92 Å². The Morgan fingerprint density at radius 3 is 2.29 bits per heavy atom. The molecule has 6 nitrogen and oxygen atoms in total. The second-order valence-electron chi connectivity index (χ2n) is 6.37. The first-order valence-electron chi connectivity index (χ1n) is 7.68. The van der Waals surface area contributed by atoms with Gasteiger partial charge in [0, 0.05) is 33.0 Å². The second-order valence-corrected chi connectivity index (χ2v) is 6.37. The van der Waals surface area contributed by atoms with E-state index < -0.39 is 11.4 Å². The van der Waals surface area contributed by atoms with E-state index in [2.05, 4.69) is 5.32 Å². The third kappa shape index (κ3) is 3.74. The highest BCUT2D eigenvalue weighted by Gasteiger charge is 2.45. The molecule has 2 N–H and O–H groups in total. The molecule has 2 amide bonds. The van der Waals surface area contributed by atoms with Gasteiger partial charge in [-0.15, -0.1) is 0 Å². The van der Waals surface area contributed by atoms with E-state index in [4.69, 9.17) is 0 Å². The monoisotopic (exact) mass is 296 g/mol. The lowest BCUT2D eigenvalue weighted by Gasteiger charge is -2.37. The molecule has 2 fully saturated rings. The molecule has 0 radical (unpaired) electrons. The van der Waals surface area contributed by atoms with Crippen LogP contribution < -0.4 is 5.32 Å². The lowest BCUT2D eigenvalue weighted by molar-refractivity contribution is -0.157. The Labute approximate surface area is 124 Å². The van der Waals surface area contributed by atoms with Crippen molar-refractivity contribution in [2.75, 3.05) is 19.6 Å². The molecule has 0 aromatic rings. The summed E-state index contributed by atoms with van der Waals surface area (Å²) in [5.74, 6) is -0.526. The number of piperidine rings is 1. The molecule has 1 aliphatic carbocycles. The maximum atomic E-state index is 11.9. The largest absolute Gasteiger partial charge is 0.481 e. The van der Waals surface area contributed by atoms with Crippen molar-refractivity contribution < 1.29 is 19.5 Å². The van der Waals surface area contributed by atoms with Gasteiger partial charge < -0.3 is 15.3 Å². The quantitative estimate of drug-likeness (QED) is 0.792. The predicted octanol–water partition coefficient (Wildman–Crippen LogP) is 1.01. The molecular weight excluding hydrogens is 272 g/mol. The van der Waals surface area contributed by atoms with Crippen molar-refractivity contribution in [2.24, 2.45) is 11.3 Å².